The summed E-state index contributed by atoms with van der Waals surface area (Å²) in [5.74, 6) is 1.27. The van der Waals surface area contributed by atoms with E-state index in [9.17, 15) is 4.79 Å². The summed E-state index contributed by atoms with van der Waals surface area (Å²) >= 11 is 0. The molecule has 3 rings (SSSR count). The van der Waals surface area contributed by atoms with E-state index in [2.05, 4.69) is 33.6 Å². The molecule has 0 spiro atoms. The molecule has 2 aromatic rings. The Kier molecular flexibility index (Phi) is 9.61. The standard InChI is InChI=1S/C22H31N5O2.HI/c1-4-24-22(25-11-9-18-5-7-19(8-6-18)21(28)29-3)26-13-10-17(2)20(15-26)27-14-12-23-16-27;/h5-8,12,14,16-17,20H,4,9-11,13,15H2,1-3H3,(H,24,25);1H. The van der Waals surface area contributed by atoms with Gasteiger partial charge < -0.3 is 19.5 Å². The third-order valence-corrected chi connectivity index (χ3v) is 5.50. The molecule has 2 atom stereocenters. The van der Waals surface area contributed by atoms with Gasteiger partial charge >= 0.3 is 5.97 Å². The molecule has 0 bridgehead atoms. The number of guanidine groups is 1. The van der Waals surface area contributed by atoms with Crippen LogP contribution >= 0.6 is 24.0 Å². The van der Waals surface area contributed by atoms with Crippen LogP contribution in [-0.2, 0) is 11.2 Å². The summed E-state index contributed by atoms with van der Waals surface area (Å²) in [6, 6.07) is 7.94. The van der Waals surface area contributed by atoms with E-state index >= 15 is 0 Å². The van der Waals surface area contributed by atoms with Crippen LogP contribution in [0.1, 0.15) is 42.2 Å². The number of nitrogens with zero attached hydrogens (tertiary/aromatic N) is 4. The second-order valence-corrected chi connectivity index (χ2v) is 7.46. The first-order valence-corrected chi connectivity index (χ1v) is 10.3. The number of carbonyl (C=O) groups excluding carboxylic acids is 1. The van der Waals surface area contributed by atoms with E-state index in [-0.39, 0.29) is 29.9 Å². The van der Waals surface area contributed by atoms with Crippen LogP contribution in [0.3, 0.4) is 0 Å². The van der Waals surface area contributed by atoms with E-state index in [4.69, 9.17) is 9.73 Å². The van der Waals surface area contributed by atoms with Gasteiger partial charge in [-0.3, -0.25) is 4.99 Å². The molecule has 1 aromatic heterocycles. The Hall–Kier alpha value is -2.10. The fourth-order valence-corrected chi connectivity index (χ4v) is 3.74. The largest absolute Gasteiger partial charge is 0.465 e. The molecule has 1 fully saturated rings. The number of piperidine rings is 1. The molecule has 2 unspecified atom stereocenters. The lowest BCUT2D eigenvalue weighted by atomic mass is 9.93. The minimum absolute atomic E-state index is 0. The van der Waals surface area contributed by atoms with Crippen LogP contribution in [0.25, 0.3) is 0 Å². The molecular weight excluding hydrogens is 493 g/mol. The lowest BCUT2D eigenvalue weighted by molar-refractivity contribution is 0.0600. The quantitative estimate of drug-likeness (QED) is 0.271. The topological polar surface area (TPSA) is 71.8 Å². The molecule has 8 heteroatoms. The van der Waals surface area contributed by atoms with Gasteiger partial charge in [-0.25, -0.2) is 9.78 Å². The van der Waals surface area contributed by atoms with Gasteiger partial charge in [-0.2, -0.15) is 0 Å². The zero-order valence-electron chi connectivity index (χ0n) is 18.0. The van der Waals surface area contributed by atoms with Gasteiger partial charge in [0.25, 0.3) is 0 Å². The van der Waals surface area contributed by atoms with Crippen molar-refractivity contribution in [2.45, 2.75) is 32.7 Å². The number of methoxy groups -OCH3 is 1. The molecule has 1 aliphatic rings. The minimum Gasteiger partial charge on any atom is -0.465 e. The molecule has 1 N–H and O–H groups in total. The van der Waals surface area contributed by atoms with Crippen molar-refractivity contribution in [2.24, 2.45) is 10.9 Å². The number of hydrogen-bond donors (Lipinski definition) is 1. The van der Waals surface area contributed by atoms with E-state index in [1.807, 2.05) is 30.9 Å². The molecule has 0 radical (unpaired) electrons. The molecule has 0 saturated carbocycles. The van der Waals surface area contributed by atoms with Gasteiger partial charge in [0.05, 0.1) is 25.0 Å². The van der Waals surface area contributed by atoms with Crippen molar-refractivity contribution in [1.82, 2.24) is 19.8 Å². The fraction of sp³-hybridized carbons (Fsp3) is 0.500. The van der Waals surface area contributed by atoms with Crippen molar-refractivity contribution >= 4 is 35.9 Å². The van der Waals surface area contributed by atoms with Gasteiger partial charge in [0.1, 0.15) is 0 Å². The van der Waals surface area contributed by atoms with Crippen molar-refractivity contribution < 1.29 is 9.53 Å². The number of aliphatic imine (C=N–C) groups is 1. The minimum atomic E-state index is -0.309. The van der Waals surface area contributed by atoms with E-state index in [1.54, 1.807) is 12.1 Å². The van der Waals surface area contributed by atoms with Gasteiger partial charge in [-0.15, -0.1) is 24.0 Å². The Morgan fingerprint density at radius 1 is 1.33 bits per heavy atom. The Labute approximate surface area is 195 Å². The van der Waals surface area contributed by atoms with Crippen LogP contribution in [0.2, 0.25) is 0 Å². The molecule has 1 saturated heterocycles. The molecule has 0 amide bonds. The van der Waals surface area contributed by atoms with E-state index < -0.39 is 0 Å². The number of carbonyl (C=O) groups is 1. The second kappa shape index (κ2) is 11.9. The SMILES string of the molecule is CCNC(=NCCc1ccc(C(=O)OC)cc1)N1CCC(C)C(n2ccnc2)C1.I. The highest BCUT2D eigenvalue weighted by Gasteiger charge is 2.28. The predicted molar refractivity (Wildman–Crippen MR) is 129 cm³/mol. The molecule has 1 aromatic carbocycles. The van der Waals surface area contributed by atoms with E-state index in [0.717, 1.165) is 44.0 Å². The first-order chi connectivity index (χ1) is 14.1. The van der Waals surface area contributed by atoms with Crippen molar-refractivity contribution in [1.29, 1.82) is 0 Å². The number of likely N-dealkylation sites (tertiary alicyclic amines) is 1. The molecule has 0 aliphatic carbocycles. The maximum atomic E-state index is 11.5. The van der Waals surface area contributed by atoms with Crippen LogP contribution in [0.15, 0.2) is 48.0 Å². The number of halogens is 1. The first kappa shape index (κ1) is 24.2. The molecular formula is C22H32IN5O2. The van der Waals surface area contributed by atoms with E-state index in [1.165, 1.54) is 7.11 Å². The van der Waals surface area contributed by atoms with Gasteiger partial charge in [-0.1, -0.05) is 19.1 Å². The van der Waals surface area contributed by atoms with Crippen molar-refractivity contribution in [3.8, 4) is 0 Å². The predicted octanol–water partition coefficient (Wildman–Crippen LogP) is 3.38. The highest BCUT2D eigenvalue weighted by atomic mass is 127. The third-order valence-electron chi connectivity index (χ3n) is 5.50. The zero-order valence-corrected chi connectivity index (χ0v) is 20.3. The summed E-state index contributed by atoms with van der Waals surface area (Å²) in [5, 5.41) is 3.44. The molecule has 2 heterocycles. The maximum Gasteiger partial charge on any atom is 0.337 e. The Bertz CT molecular complexity index is 807. The number of hydrogen-bond acceptors (Lipinski definition) is 4. The average Bonchev–Trinajstić information content (AvgIpc) is 3.28. The zero-order chi connectivity index (χ0) is 20.6. The number of benzene rings is 1. The van der Waals surface area contributed by atoms with Crippen molar-refractivity contribution in [3.63, 3.8) is 0 Å². The molecule has 164 valence electrons. The second-order valence-electron chi connectivity index (χ2n) is 7.46. The van der Waals surface area contributed by atoms with Crippen molar-refractivity contribution in [3.05, 3.63) is 54.1 Å². The van der Waals surface area contributed by atoms with Crippen LogP contribution in [-0.4, -0.2) is 59.7 Å². The summed E-state index contributed by atoms with van der Waals surface area (Å²) in [5.41, 5.74) is 1.72. The first-order valence-electron chi connectivity index (χ1n) is 10.3. The Morgan fingerprint density at radius 2 is 2.10 bits per heavy atom. The fourth-order valence-electron chi connectivity index (χ4n) is 3.74. The highest BCUT2D eigenvalue weighted by Crippen LogP contribution is 2.27. The maximum absolute atomic E-state index is 11.5. The summed E-state index contributed by atoms with van der Waals surface area (Å²) in [6.07, 6.45) is 7.75. The lowest BCUT2D eigenvalue weighted by Gasteiger charge is -2.39. The van der Waals surface area contributed by atoms with Gasteiger partial charge in [0.15, 0.2) is 5.96 Å². The van der Waals surface area contributed by atoms with Crippen LogP contribution in [0.5, 0.6) is 0 Å². The van der Waals surface area contributed by atoms with Crippen molar-refractivity contribution in [2.75, 3.05) is 33.3 Å². The summed E-state index contributed by atoms with van der Waals surface area (Å²) in [6.45, 7) is 7.88. The number of imidazole rings is 1. The Balaban J connectivity index is 0.00000320. The number of aromatic nitrogens is 2. The number of rotatable bonds is 6. The molecule has 30 heavy (non-hydrogen) atoms. The highest BCUT2D eigenvalue weighted by molar-refractivity contribution is 14.0. The monoisotopic (exact) mass is 525 g/mol. The number of nitrogens with one attached hydrogen (secondary N) is 1. The third kappa shape index (κ3) is 6.20. The number of ether oxygens (including phenoxy) is 1. The summed E-state index contributed by atoms with van der Waals surface area (Å²) in [7, 11) is 1.39. The van der Waals surface area contributed by atoms with E-state index in [0.29, 0.717) is 24.1 Å². The smallest absolute Gasteiger partial charge is 0.337 e. The van der Waals surface area contributed by atoms with Crippen LogP contribution in [0.4, 0.5) is 0 Å². The molecule has 1 aliphatic heterocycles. The number of esters is 1. The van der Waals surface area contributed by atoms with Gasteiger partial charge in [0.2, 0.25) is 0 Å². The Morgan fingerprint density at radius 3 is 2.73 bits per heavy atom. The molecule has 7 nitrogen and oxygen atoms in total. The van der Waals surface area contributed by atoms with Crippen LogP contribution in [0, 0.1) is 5.92 Å². The normalized spacial score (nSPS) is 19.2. The van der Waals surface area contributed by atoms with Crippen LogP contribution < -0.4 is 5.32 Å². The van der Waals surface area contributed by atoms with Gasteiger partial charge in [0, 0.05) is 38.6 Å². The summed E-state index contributed by atoms with van der Waals surface area (Å²) < 4.78 is 6.96. The summed E-state index contributed by atoms with van der Waals surface area (Å²) in [4.78, 5) is 23.0. The lowest BCUT2D eigenvalue weighted by Crippen LogP contribution is -2.49. The average molecular weight is 525 g/mol. The van der Waals surface area contributed by atoms with Gasteiger partial charge in [-0.05, 0) is 43.4 Å².